The van der Waals surface area contributed by atoms with Gasteiger partial charge in [-0.1, -0.05) is 6.92 Å². The van der Waals surface area contributed by atoms with Gasteiger partial charge in [-0.3, -0.25) is 0 Å². The Hall–Kier alpha value is -0.900. The minimum Gasteiger partial charge on any atom is -0.381 e. The second-order valence-electron chi connectivity index (χ2n) is 5.03. The summed E-state index contributed by atoms with van der Waals surface area (Å²) >= 11 is 0. The van der Waals surface area contributed by atoms with E-state index in [1.807, 2.05) is 0 Å². The molecule has 0 amide bonds. The molecule has 1 fully saturated rings. The van der Waals surface area contributed by atoms with Gasteiger partial charge in [0, 0.05) is 25.0 Å². The van der Waals surface area contributed by atoms with E-state index in [9.17, 15) is 0 Å². The van der Waals surface area contributed by atoms with Crippen LogP contribution in [0.15, 0.2) is 0 Å². The van der Waals surface area contributed by atoms with E-state index in [0.717, 1.165) is 26.2 Å². The van der Waals surface area contributed by atoms with Crippen molar-refractivity contribution in [2.24, 2.45) is 0 Å². The van der Waals surface area contributed by atoms with Crippen LogP contribution in [-0.2, 0) is 11.3 Å². The van der Waals surface area contributed by atoms with Crippen molar-refractivity contribution >= 4 is 0 Å². The summed E-state index contributed by atoms with van der Waals surface area (Å²) in [6.07, 6.45) is 4.86. The molecule has 0 radical (unpaired) electrons. The lowest BCUT2D eigenvalue weighted by Gasteiger charge is -2.25. The molecule has 0 spiro atoms. The van der Waals surface area contributed by atoms with E-state index in [2.05, 4.69) is 21.7 Å². The first-order chi connectivity index (χ1) is 7.86. The molecule has 0 N–H and O–H groups in total. The van der Waals surface area contributed by atoms with E-state index in [4.69, 9.17) is 4.74 Å². The van der Waals surface area contributed by atoms with Gasteiger partial charge in [0.25, 0.3) is 0 Å². The highest BCUT2D eigenvalue weighted by atomic mass is 16.5. The lowest BCUT2D eigenvalue weighted by Crippen LogP contribution is -2.22. The van der Waals surface area contributed by atoms with Gasteiger partial charge in [-0.15, -0.1) is 10.2 Å². The van der Waals surface area contributed by atoms with Gasteiger partial charge < -0.3 is 9.30 Å². The summed E-state index contributed by atoms with van der Waals surface area (Å²) in [6, 6.07) is 0. The zero-order valence-corrected chi connectivity index (χ0v) is 9.85. The Morgan fingerprint density at radius 3 is 2.88 bits per heavy atom. The van der Waals surface area contributed by atoms with Crippen molar-refractivity contribution < 1.29 is 4.74 Å². The smallest absolute Gasteiger partial charge is 0.138 e. The minimum atomic E-state index is 0.472. The first-order valence-electron chi connectivity index (χ1n) is 6.37. The van der Waals surface area contributed by atoms with E-state index in [1.54, 1.807) is 0 Å². The molecule has 1 aromatic rings. The third-order valence-electron chi connectivity index (χ3n) is 3.79. The van der Waals surface area contributed by atoms with Crippen LogP contribution in [-0.4, -0.2) is 28.0 Å². The molecule has 88 valence electrons. The molecule has 0 saturated carbocycles. The lowest BCUT2D eigenvalue weighted by atomic mass is 9.98. The topological polar surface area (TPSA) is 39.9 Å². The zero-order valence-electron chi connectivity index (χ0n) is 9.85. The molecule has 2 aliphatic heterocycles. The lowest BCUT2D eigenvalue weighted by molar-refractivity contribution is 0.0766. The van der Waals surface area contributed by atoms with Crippen molar-refractivity contribution in [1.29, 1.82) is 0 Å². The number of nitrogens with zero attached hydrogens (tertiary/aromatic N) is 3. The van der Waals surface area contributed by atoms with Crippen molar-refractivity contribution in [3.05, 3.63) is 11.6 Å². The first kappa shape index (κ1) is 10.3. The van der Waals surface area contributed by atoms with E-state index in [1.165, 1.54) is 30.9 Å². The molecule has 16 heavy (non-hydrogen) atoms. The average molecular weight is 221 g/mol. The van der Waals surface area contributed by atoms with Crippen LogP contribution in [0.1, 0.15) is 56.1 Å². The normalized spacial score (nSPS) is 30.1. The average Bonchev–Trinajstić information content (AvgIpc) is 2.75. The van der Waals surface area contributed by atoms with Crippen LogP contribution < -0.4 is 0 Å². The van der Waals surface area contributed by atoms with Crippen molar-refractivity contribution in [1.82, 2.24) is 14.8 Å². The summed E-state index contributed by atoms with van der Waals surface area (Å²) in [5.41, 5.74) is 0. The van der Waals surface area contributed by atoms with E-state index in [0.29, 0.717) is 11.8 Å². The number of fused-ring (bicyclic) bond motifs is 1. The van der Waals surface area contributed by atoms with Crippen LogP contribution in [0.25, 0.3) is 0 Å². The Balaban J connectivity index is 1.89. The summed E-state index contributed by atoms with van der Waals surface area (Å²) in [5, 5.41) is 8.78. The summed E-state index contributed by atoms with van der Waals surface area (Å²) < 4.78 is 7.88. The van der Waals surface area contributed by atoms with Gasteiger partial charge in [0.05, 0.1) is 6.61 Å². The molecule has 2 aliphatic rings. The van der Waals surface area contributed by atoms with Crippen LogP contribution in [0.2, 0.25) is 0 Å². The Labute approximate surface area is 96.0 Å². The van der Waals surface area contributed by atoms with Crippen molar-refractivity contribution in [3.63, 3.8) is 0 Å². The van der Waals surface area contributed by atoms with E-state index >= 15 is 0 Å². The SMILES string of the molecule is CC1CCCn2c1nnc2C1CCCOC1. The van der Waals surface area contributed by atoms with Crippen LogP contribution in [0.3, 0.4) is 0 Å². The molecule has 1 aromatic heterocycles. The van der Waals surface area contributed by atoms with Crippen LogP contribution in [0.4, 0.5) is 0 Å². The van der Waals surface area contributed by atoms with Crippen molar-refractivity contribution in [3.8, 4) is 0 Å². The number of hydrogen-bond acceptors (Lipinski definition) is 3. The predicted octanol–water partition coefficient (Wildman–Crippen LogP) is 2.07. The monoisotopic (exact) mass is 221 g/mol. The standard InChI is InChI=1S/C12H19N3O/c1-9-4-2-6-15-11(9)13-14-12(15)10-5-3-7-16-8-10/h9-10H,2-8H2,1H3. The van der Waals surface area contributed by atoms with Crippen LogP contribution in [0, 0.1) is 0 Å². The maximum absolute atomic E-state index is 5.54. The highest BCUT2D eigenvalue weighted by Crippen LogP contribution is 2.30. The zero-order chi connectivity index (χ0) is 11.0. The predicted molar refractivity (Wildman–Crippen MR) is 60.5 cm³/mol. The second kappa shape index (κ2) is 4.17. The van der Waals surface area contributed by atoms with Gasteiger partial charge in [-0.2, -0.15) is 0 Å². The molecule has 2 unspecified atom stereocenters. The van der Waals surface area contributed by atoms with Crippen molar-refractivity contribution in [2.75, 3.05) is 13.2 Å². The van der Waals surface area contributed by atoms with E-state index < -0.39 is 0 Å². The van der Waals surface area contributed by atoms with Gasteiger partial charge >= 0.3 is 0 Å². The molecule has 0 aliphatic carbocycles. The maximum Gasteiger partial charge on any atom is 0.138 e. The first-order valence-corrected chi connectivity index (χ1v) is 6.37. The third kappa shape index (κ3) is 1.65. The summed E-state index contributed by atoms with van der Waals surface area (Å²) in [5.74, 6) is 3.40. The maximum atomic E-state index is 5.54. The largest absolute Gasteiger partial charge is 0.381 e. The summed E-state index contributed by atoms with van der Waals surface area (Å²) in [7, 11) is 0. The molecule has 3 heterocycles. The molecule has 2 atom stereocenters. The number of rotatable bonds is 1. The molecule has 0 aromatic carbocycles. The quantitative estimate of drug-likeness (QED) is 0.729. The molecule has 4 nitrogen and oxygen atoms in total. The number of aromatic nitrogens is 3. The fraction of sp³-hybridized carbons (Fsp3) is 0.833. The van der Waals surface area contributed by atoms with Crippen molar-refractivity contribution in [2.45, 2.75) is 51.0 Å². The molecular weight excluding hydrogens is 202 g/mol. The Morgan fingerprint density at radius 1 is 1.19 bits per heavy atom. The third-order valence-corrected chi connectivity index (χ3v) is 3.79. The molecule has 4 heteroatoms. The number of ether oxygens (including phenoxy) is 1. The highest BCUT2D eigenvalue weighted by molar-refractivity contribution is 5.08. The Bertz CT molecular complexity index is 368. The molecular formula is C12H19N3O. The molecule has 3 rings (SSSR count). The fourth-order valence-electron chi connectivity index (χ4n) is 2.85. The van der Waals surface area contributed by atoms with Crippen LogP contribution in [0.5, 0.6) is 0 Å². The molecule has 1 saturated heterocycles. The highest BCUT2D eigenvalue weighted by Gasteiger charge is 2.27. The Morgan fingerprint density at radius 2 is 2.06 bits per heavy atom. The van der Waals surface area contributed by atoms with Gasteiger partial charge in [0.15, 0.2) is 0 Å². The van der Waals surface area contributed by atoms with Gasteiger partial charge in [0.1, 0.15) is 11.6 Å². The van der Waals surface area contributed by atoms with Crippen LogP contribution >= 0.6 is 0 Å². The van der Waals surface area contributed by atoms with Gasteiger partial charge in [-0.05, 0) is 25.7 Å². The minimum absolute atomic E-state index is 0.472. The van der Waals surface area contributed by atoms with Gasteiger partial charge in [0.2, 0.25) is 0 Å². The summed E-state index contributed by atoms with van der Waals surface area (Å²) in [6.45, 7) is 5.08. The molecule has 0 bridgehead atoms. The second-order valence-corrected chi connectivity index (χ2v) is 5.03. The van der Waals surface area contributed by atoms with Gasteiger partial charge in [-0.25, -0.2) is 0 Å². The van der Waals surface area contributed by atoms with E-state index in [-0.39, 0.29) is 0 Å². The Kier molecular flexibility index (Phi) is 2.67. The summed E-state index contributed by atoms with van der Waals surface area (Å²) in [4.78, 5) is 0. The fourth-order valence-corrected chi connectivity index (χ4v) is 2.85. The number of hydrogen-bond donors (Lipinski definition) is 0.